The number of hydrogen-bond donors (Lipinski definition) is 0. The van der Waals surface area contributed by atoms with Crippen LogP contribution >= 0.6 is 0 Å². The van der Waals surface area contributed by atoms with Crippen molar-refractivity contribution < 1.29 is 0 Å². The van der Waals surface area contributed by atoms with Crippen LogP contribution in [-0.2, 0) is 0 Å². The minimum Gasteiger partial charge on any atom is -0.356 e. The van der Waals surface area contributed by atoms with Crippen molar-refractivity contribution in [2.45, 2.75) is 45.1 Å². The Morgan fingerprint density at radius 3 is 2.57 bits per heavy atom. The molecule has 0 amide bonds. The molecule has 0 spiro atoms. The highest BCUT2D eigenvalue weighted by molar-refractivity contribution is 5.99. The minimum atomic E-state index is 0.460. The normalized spacial score (nSPS) is 28.1. The fourth-order valence-corrected chi connectivity index (χ4v) is 3.88. The van der Waals surface area contributed by atoms with Gasteiger partial charge in [0.05, 0.1) is 0 Å². The van der Waals surface area contributed by atoms with Gasteiger partial charge in [0.1, 0.15) is 11.7 Å². The second-order valence-corrected chi connectivity index (χ2v) is 7.12. The largest absolute Gasteiger partial charge is 0.356 e. The average molecular weight is 314 g/mol. The van der Waals surface area contributed by atoms with Crippen molar-refractivity contribution in [2.75, 3.05) is 33.7 Å². The molecule has 2 saturated heterocycles. The predicted molar refractivity (Wildman–Crippen MR) is 97.3 cm³/mol. The Kier molecular flexibility index (Phi) is 4.90. The van der Waals surface area contributed by atoms with Gasteiger partial charge in [0.2, 0.25) is 0 Å². The summed E-state index contributed by atoms with van der Waals surface area (Å²) >= 11 is 0. The van der Waals surface area contributed by atoms with Crippen molar-refractivity contribution in [1.29, 1.82) is 0 Å². The maximum atomic E-state index is 4.97. The Bertz CT molecular complexity index is 552. The first kappa shape index (κ1) is 16.3. The van der Waals surface area contributed by atoms with Gasteiger partial charge in [-0.05, 0) is 57.8 Å². The Hall–Kier alpha value is -1.55. The highest BCUT2D eigenvalue weighted by Gasteiger charge is 2.24. The van der Waals surface area contributed by atoms with Crippen LogP contribution in [0.1, 0.15) is 39.0 Å². The molecule has 3 aliphatic rings. The molecule has 0 aliphatic carbocycles. The molecular weight excluding hydrogens is 284 g/mol. The van der Waals surface area contributed by atoms with Crippen molar-refractivity contribution in [2.24, 2.45) is 4.99 Å². The van der Waals surface area contributed by atoms with Gasteiger partial charge in [-0.15, -0.1) is 0 Å². The van der Waals surface area contributed by atoms with Crippen molar-refractivity contribution in [3.05, 3.63) is 35.8 Å². The number of likely N-dealkylation sites (N-methyl/N-ethyl adjacent to an activating group) is 1. The summed E-state index contributed by atoms with van der Waals surface area (Å²) < 4.78 is 0. The van der Waals surface area contributed by atoms with Crippen LogP contribution in [0.25, 0.3) is 0 Å². The third-order valence-electron chi connectivity index (χ3n) is 5.24. The van der Waals surface area contributed by atoms with Gasteiger partial charge in [-0.25, -0.2) is 4.99 Å². The average Bonchev–Trinajstić information content (AvgIpc) is 3.04. The van der Waals surface area contributed by atoms with Crippen LogP contribution < -0.4 is 0 Å². The lowest BCUT2D eigenvalue weighted by molar-refractivity contribution is 0.215. The van der Waals surface area contributed by atoms with Gasteiger partial charge in [0.15, 0.2) is 0 Å². The minimum absolute atomic E-state index is 0.460. The van der Waals surface area contributed by atoms with E-state index in [4.69, 9.17) is 4.99 Å². The van der Waals surface area contributed by atoms with Crippen LogP contribution in [0, 0.1) is 0 Å². The van der Waals surface area contributed by atoms with E-state index in [1.54, 1.807) is 0 Å². The zero-order valence-electron chi connectivity index (χ0n) is 14.9. The second kappa shape index (κ2) is 6.91. The lowest BCUT2D eigenvalue weighted by atomic mass is 9.96. The molecule has 3 aliphatic heterocycles. The first-order chi connectivity index (χ1) is 11.1. The second-order valence-electron chi connectivity index (χ2n) is 7.12. The van der Waals surface area contributed by atoms with E-state index in [1.165, 1.54) is 49.8 Å². The molecule has 126 valence electrons. The van der Waals surface area contributed by atoms with E-state index in [0.29, 0.717) is 6.04 Å². The van der Waals surface area contributed by atoms with Gasteiger partial charge in [0.25, 0.3) is 0 Å². The Morgan fingerprint density at radius 1 is 1.17 bits per heavy atom. The van der Waals surface area contributed by atoms with E-state index in [1.807, 2.05) is 0 Å². The van der Waals surface area contributed by atoms with E-state index in [0.717, 1.165) is 24.7 Å². The number of nitrogens with zero attached hydrogens (tertiary/aromatic N) is 4. The molecule has 2 fully saturated rings. The summed E-state index contributed by atoms with van der Waals surface area (Å²) in [7, 11) is 4.29. The van der Waals surface area contributed by atoms with Crippen LogP contribution in [-0.4, -0.2) is 60.3 Å². The molecule has 0 bridgehead atoms. The quantitative estimate of drug-likeness (QED) is 0.781. The maximum absolute atomic E-state index is 4.97. The van der Waals surface area contributed by atoms with Crippen molar-refractivity contribution in [1.82, 2.24) is 14.7 Å². The van der Waals surface area contributed by atoms with Gasteiger partial charge in [-0.1, -0.05) is 13.0 Å². The molecule has 0 N–H and O–H groups in total. The predicted octanol–water partition coefficient (Wildman–Crippen LogP) is 3.21. The molecule has 0 aromatic heterocycles. The van der Waals surface area contributed by atoms with Crippen LogP contribution in [0.2, 0.25) is 0 Å². The summed E-state index contributed by atoms with van der Waals surface area (Å²) in [6, 6.07) is 0.460. The van der Waals surface area contributed by atoms with Crippen molar-refractivity contribution in [3.8, 4) is 0 Å². The highest BCUT2D eigenvalue weighted by atomic mass is 15.3. The maximum Gasteiger partial charge on any atom is 0.135 e. The van der Waals surface area contributed by atoms with E-state index < -0.39 is 0 Å². The lowest BCUT2D eigenvalue weighted by Crippen LogP contribution is -2.37. The topological polar surface area (TPSA) is 22.1 Å². The SMILES string of the molecule is C=C(/C=C1/N=C(N2CCCC2)C(C)=CN1C)C1CCCCN1C. The summed E-state index contributed by atoms with van der Waals surface area (Å²) in [5, 5.41) is 0. The molecule has 0 aromatic carbocycles. The number of hydrogen-bond acceptors (Lipinski definition) is 4. The Balaban J connectivity index is 1.80. The molecule has 1 atom stereocenters. The zero-order chi connectivity index (χ0) is 16.4. The third kappa shape index (κ3) is 3.52. The molecular formula is C19H30N4. The van der Waals surface area contributed by atoms with Crippen molar-refractivity contribution >= 4 is 5.84 Å². The van der Waals surface area contributed by atoms with E-state index >= 15 is 0 Å². The molecule has 3 rings (SSSR count). The van der Waals surface area contributed by atoms with E-state index in [2.05, 4.69) is 54.6 Å². The lowest BCUT2D eigenvalue weighted by Gasteiger charge is -2.34. The fourth-order valence-electron chi connectivity index (χ4n) is 3.88. The first-order valence-electron chi connectivity index (χ1n) is 8.92. The van der Waals surface area contributed by atoms with Gasteiger partial charge in [0, 0.05) is 38.0 Å². The molecule has 4 heteroatoms. The number of piperidine rings is 1. The monoisotopic (exact) mass is 314 g/mol. The third-order valence-corrected chi connectivity index (χ3v) is 5.24. The van der Waals surface area contributed by atoms with Crippen molar-refractivity contribution in [3.63, 3.8) is 0 Å². The fraction of sp³-hybridized carbons (Fsp3) is 0.632. The summed E-state index contributed by atoms with van der Waals surface area (Å²) in [4.78, 5) is 11.9. The molecule has 0 radical (unpaired) electrons. The zero-order valence-corrected chi connectivity index (χ0v) is 14.9. The summed E-state index contributed by atoms with van der Waals surface area (Å²) in [5.41, 5.74) is 2.44. The van der Waals surface area contributed by atoms with E-state index in [-0.39, 0.29) is 0 Å². The van der Waals surface area contributed by atoms with Crippen LogP contribution in [0.4, 0.5) is 0 Å². The Morgan fingerprint density at radius 2 is 1.87 bits per heavy atom. The molecule has 3 heterocycles. The number of rotatable bonds is 2. The number of aliphatic imine (C=N–C) groups is 1. The molecule has 23 heavy (non-hydrogen) atoms. The summed E-state index contributed by atoms with van der Waals surface area (Å²) in [6.07, 6.45) is 10.8. The van der Waals surface area contributed by atoms with Gasteiger partial charge < -0.3 is 9.80 Å². The van der Waals surface area contributed by atoms with Crippen LogP contribution in [0.15, 0.2) is 40.8 Å². The molecule has 1 unspecified atom stereocenters. The molecule has 4 nitrogen and oxygen atoms in total. The van der Waals surface area contributed by atoms with Crippen LogP contribution in [0.3, 0.4) is 0 Å². The van der Waals surface area contributed by atoms with Gasteiger partial charge >= 0.3 is 0 Å². The summed E-state index contributed by atoms with van der Waals surface area (Å²) in [6.45, 7) is 9.95. The number of amidine groups is 1. The standard InChI is InChI=1S/C19H30N4/c1-15(17-9-5-6-10-21(17)3)13-18-20-19(16(2)14-22(18)4)23-11-7-8-12-23/h13-14,17H,1,5-12H2,2-4H3/b18-13-. The summed E-state index contributed by atoms with van der Waals surface area (Å²) in [5.74, 6) is 2.16. The smallest absolute Gasteiger partial charge is 0.135 e. The molecule has 0 saturated carbocycles. The van der Waals surface area contributed by atoms with Gasteiger partial charge in [-0.3, -0.25) is 4.90 Å². The Labute approximate surface area is 140 Å². The highest BCUT2D eigenvalue weighted by Crippen LogP contribution is 2.25. The first-order valence-corrected chi connectivity index (χ1v) is 8.92. The van der Waals surface area contributed by atoms with E-state index in [9.17, 15) is 0 Å². The molecule has 0 aromatic rings. The van der Waals surface area contributed by atoms with Gasteiger partial charge in [-0.2, -0.15) is 0 Å². The number of likely N-dealkylation sites (tertiary alicyclic amines) is 2. The van der Waals surface area contributed by atoms with Crippen LogP contribution in [0.5, 0.6) is 0 Å².